The van der Waals surface area contributed by atoms with Gasteiger partial charge >= 0.3 is 6.03 Å². The van der Waals surface area contributed by atoms with Gasteiger partial charge in [-0.05, 0) is 57.1 Å². The fraction of sp³-hybridized carbons (Fsp3) is 0.562. The van der Waals surface area contributed by atoms with Crippen LogP contribution in [0.4, 0.5) is 10.5 Å². The second-order valence-corrected chi connectivity index (χ2v) is 5.59. The fourth-order valence-corrected chi connectivity index (χ4v) is 2.59. The molecule has 0 saturated carbocycles. The summed E-state index contributed by atoms with van der Waals surface area (Å²) in [6.07, 6.45) is 1.16. The molecule has 0 bridgehead atoms. The topological polar surface area (TPSA) is 44.8 Å². The minimum Gasteiger partial charge on any atom is -0.494 e. The molecule has 21 heavy (non-hydrogen) atoms. The van der Waals surface area contributed by atoms with Gasteiger partial charge in [-0.3, -0.25) is 4.90 Å². The number of nitrogens with one attached hydrogen (secondary N) is 1. The summed E-state index contributed by atoms with van der Waals surface area (Å²) < 4.78 is 5.40. The molecule has 1 heterocycles. The van der Waals surface area contributed by atoms with Crippen molar-refractivity contribution in [3.8, 4) is 5.75 Å². The Bertz CT molecular complexity index is 461. The van der Waals surface area contributed by atoms with E-state index in [-0.39, 0.29) is 6.03 Å². The average molecular weight is 291 g/mol. The highest BCUT2D eigenvalue weighted by Gasteiger charge is 2.20. The molecule has 1 atom stereocenters. The number of anilines is 1. The molecule has 1 aromatic carbocycles. The molecule has 1 fully saturated rings. The third-order valence-corrected chi connectivity index (χ3v) is 3.87. The summed E-state index contributed by atoms with van der Waals surface area (Å²) in [6, 6.07) is 7.50. The van der Waals surface area contributed by atoms with Gasteiger partial charge in [-0.1, -0.05) is 0 Å². The molecule has 0 unspecified atom stereocenters. The van der Waals surface area contributed by atoms with E-state index in [1.54, 1.807) is 11.9 Å². The Balaban J connectivity index is 1.83. The zero-order valence-corrected chi connectivity index (χ0v) is 13.1. The van der Waals surface area contributed by atoms with Crippen molar-refractivity contribution in [2.24, 2.45) is 5.92 Å². The Hall–Kier alpha value is -1.75. The summed E-state index contributed by atoms with van der Waals surface area (Å²) in [6.45, 7) is 5.52. The highest BCUT2D eigenvalue weighted by Crippen LogP contribution is 2.19. The van der Waals surface area contributed by atoms with Gasteiger partial charge in [0.25, 0.3) is 0 Å². The van der Waals surface area contributed by atoms with Crippen molar-refractivity contribution in [2.75, 3.05) is 45.2 Å². The number of urea groups is 1. The fourth-order valence-electron chi connectivity index (χ4n) is 2.59. The molecule has 2 amide bonds. The van der Waals surface area contributed by atoms with Crippen molar-refractivity contribution in [3.05, 3.63) is 24.3 Å². The molecule has 116 valence electrons. The van der Waals surface area contributed by atoms with Gasteiger partial charge in [-0.2, -0.15) is 0 Å². The van der Waals surface area contributed by atoms with Gasteiger partial charge in [0, 0.05) is 25.8 Å². The monoisotopic (exact) mass is 291 g/mol. The number of hydrogen-bond donors (Lipinski definition) is 1. The molecular formula is C16H25N3O2. The highest BCUT2D eigenvalue weighted by atomic mass is 16.5. The molecule has 1 saturated heterocycles. The average Bonchev–Trinajstić information content (AvgIpc) is 2.91. The van der Waals surface area contributed by atoms with E-state index < -0.39 is 0 Å². The van der Waals surface area contributed by atoms with Gasteiger partial charge in [-0.15, -0.1) is 0 Å². The quantitative estimate of drug-likeness (QED) is 0.904. The maximum Gasteiger partial charge on any atom is 0.321 e. The Morgan fingerprint density at radius 1 is 1.43 bits per heavy atom. The summed E-state index contributed by atoms with van der Waals surface area (Å²) in [7, 11) is 3.90. The van der Waals surface area contributed by atoms with Crippen LogP contribution in [0.25, 0.3) is 0 Å². The van der Waals surface area contributed by atoms with Crippen molar-refractivity contribution in [2.45, 2.75) is 13.3 Å². The normalized spacial score (nSPS) is 18.5. The maximum atomic E-state index is 12.2. The van der Waals surface area contributed by atoms with E-state index in [2.05, 4.69) is 17.3 Å². The van der Waals surface area contributed by atoms with E-state index in [0.29, 0.717) is 12.5 Å². The number of rotatable bonds is 5. The lowest BCUT2D eigenvalue weighted by molar-refractivity contribution is 0.245. The van der Waals surface area contributed by atoms with Crippen molar-refractivity contribution in [3.63, 3.8) is 0 Å². The SMILES string of the molecule is CCOc1ccc(N(C)C(=O)NC[C@H]2CCN(C)C2)cc1. The first-order chi connectivity index (χ1) is 10.1. The van der Waals surface area contributed by atoms with Crippen LogP contribution in [0.2, 0.25) is 0 Å². The molecule has 0 aromatic heterocycles. The highest BCUT2D eigenvalue weighted by molar-refractivity contribution is 5.91. The van der Waals surface area contributed by atoms with Crippen LogP contribution in [-0.2, 0) is 0 Å². The van der Waals surface area contributed by atoms with Crippen LogP contribution in [0.15, 0.2) is 24.3 Å². The Morgan fingerprint density at radius 2 is 2.14 bits per heavy atom. The minimum atomic E-state index is -0.0614. The molecule has 1 aromatic rings. The number of hydrogen-bond acceptors (Lipinski definition) is 3. The molecule has 1 N–H and O–H groups in total. The molecule has 0 radical (unpaired) electrons. The Kier molecular flexibility index (Phi) is 5.44. The molecular weight excluding hydrogens is 266 g/mol. The summed E-state index contributed by atoms with van der Waals surface area (Å²) in [5.74, 6) is 1.39. The number of nitrogens with zero attached hydrogens (tertiary/aromatic N) is 2. The standard InChI is InChI=1S/C16H25N3O2/c1-4-21-15-7-5-14(6-8-15)19(3)16(20)17-11-13-9-10-18(2)12-13/h5-8,13H,4,9-12H2,1-3H3,(H,17,20)/t13-/m1/s1. The molecule has 5 nitrogen and oxygen atoms in total. The van der Waals surface area contributed by atoms with Gasteiger partial charge in [0.15, 0.2) is 0 Å². The molecule has 0 aliphatic carbocycles. The van der Waals surface area contributed by atoms with E-state index >= 15 is 0 Å². The number of carbonyl (C=O) groups excluding carboxylic acids is 1. The number of likely N-dealkylation sites (tertiary alicyclic amines) is 1. The zero-order valence-electron chi connectivity index (χ0n) is 13.1. The number of ether oxygens (including phenoxy) is 1. The Morgan fingerprint density at radius 3 is 2.71 bits per heavy atom. The summed E-state index contributed by atoms with van der Waals surface area (Å²) in [4.78, 5) is 16.1. The predicted octanol–water partition coefficient (Wildman–Crippen LogP) is 2.18. The molecule has 2 rings (SSSR count). The van der Waals surface area contributed by atoms with Gasteiger partial charge in [0.05, 0.1) is 6.61 Å². The number of carbonyl (C=O) groups is 1. The lowest BCUT2D eigenvalue weighted by atomic mass is 10.1. The summed E-state index contributed by atoms with van der Waals surface area (Å²) in [5, 5.41) is 3.01. The first kappa shape index (κ1) is 15.6. The van der Waals surface area contributed by atoms with E-state index in [0.717, 1.165) is 37.5 Å². The number of amides is 2. The second-order valence-electron chi connectivity index (χ2n) is 5.59. The van der Waals surface area contributed by atoms with Gasteiger partial charge < -0.3 is 15.0 Å². The van der Waals surface area contributed by atoms with Crippen LogP contribution >= 0.6 is 0 Å². The van der Waals surface area contributed by atoms with Crippen molar-refractivity contribution >= 4 is 11.7 Å². The molecule has 5 heteroatoms. The van der Waals surface area contributed by atoms with Crippen LogP contribution in [0.3, 0.4) is 0 Å². The van der Waals surface area contributed by atoms with E-state index in [4.69, 9.17) is 4.74 Å². The lowest BCUT2D eigenvalue weighted by Gasteiger charge is -2.20. The van der Waals surface area contributed by atoms with Crippen LogP contribution in [0.5, 0.6) is 5.75 Å². The van der Waals surface area contributed by atoms with Crippen LogP contribution in [0, 0.1) is 5.92 Å². The Labute approximate surface area is 126 Å². The van der Waals surface area contributed by atoms with Gasteiger partial charge in [0.2, 0.25) is 0 Å². The van der Waals surface area contributed by atoms with Crippen LogP contribution in [-0.4, -0.2) is 51.3 Å². The third-order valence-electron chi connectivity index (χ3n) is 3.87. The summed E-state index contributed by atoms with van der Waals surface area (Å²) >= 11 is 0. The smallest absolute Gasteiger partial charge is 0.321 e. The van der Waals surface area contributed by atoms with Crippen molar-refractivity contribution in [1.29, 1.82) is 0 Å². The predicted molar refractivity (Wildman–Crippen MR) is 85.0 cm³/mol. The van der Waals surface area contributed by atoms with Crippen molar-refractivity contribution in [1.82, 2.24) is 10.2 Å². The van der Waals surface area contributed by atoms with Crippen LogP contribution in [0.1, 0.15) is 13.3 Å². The molecule has 1 aliphatic heterocycles. The lowest BCUT2D eigenvalue weighted by Crippen LogP contribution is -2.40. The van der Waals surface area contributed by atoms with Gasteiger partial charge in [-0.25, -0.2) is 4.79 Å². The molecule has 0 spiro atoms. The molecule has 1 aliphatic rings. The van der Waals surface area contributed by atoms with Crippen molar-refractivity contribution < 1.29 is 9.53 Å². The third kappa shape index (κ3) is 4.36. The van der Waals surface area contributed by atoms with E-state index in [1.165, 1.54) is 0 Å². The largest absolute Gasteiger partial charge is 0.494 e. The van der Waals surface area contributed by atoms with Gasteiger partial charge in [0.1, 0.15) is 5.75 Å². The first-order valence-electron chi connectivity index (χ1n) is 7.53. The zero-order chi connectivity index (χ0) is 15.2. The minimum absolute atomic E-state index is 0.0614. The maximum absolute atomic E-state index is 12.2. The van der Waals surface area contributed by atoms with E-state index in [9.17, 15) is 4.79 Å². The summed E-state index contributed by atoms with van der Waals surface area (Å²) in [5.41, 5.74) is 0.861. The van der Waals surface area contributed by atoms with Crippen LogP contribution < -0.4 is 15.0 Å². The van der Waals surface area contributed by atoms with E-state index in [1.807, 2.05) is 31.2 Å². The second kappa shape index (κ2) is 7.31. The first-order valence-corrected chi connectivity index (χ1v) is 7.53. The number of benzene rings is 1.